The van der Waals surface area contributed by atoms with E-state index in [4.69, 9.17) is 0 Å². The van der Waals surface area contributed by atoms with Gasteiger partial charge in [0.05, 0.1) is 5.37 Å². The Bertz CT molecular complexity index is 447. The largest absolute Gasteiger partial charge is 0.300 e. The molecule has 1 unspecified atom stereocenters. The highest BCUT2D eigenvalue weighted by molar-refractivity contribution is 8.14. The maximum atomic E-state index is 12.7. The summed E-state index contributed by atoms with van der Waals surface area (Å²) in [6, 6.07) is 5.39. The number of amides is 1. The molecule has 90 valence electrons. The average Bonchev–Trinajstić information content (AvgIpc) is 2.77. The monoisotopic (exact) mass is 253 g/mol. The number of benzene rings is 1. The van der Waals surface area contributed by atoms with Gasteiger partial charge in [0.1, 0.15) is 5.82 Å². The van der Waals surface area contributed by atoms with Crippen molar-refractivity contribution in [1.82, 2.24) is 10.7 Å². The van der Waals surface area contributed by atoms with Gasteiger partial charge in [-0.1, -0.05) is 18.7 Å². The van der Waals surface area contributed by atoms with Crippen LogP contribution < -0.4 is 10.7 Å². The highest BCUT2D eigenvalue weighted by Crippen LogP contribution is 2.18. The molecule has 17 heavy (non-hydrogen) atoms. The van der Waals surface area contributed by atoms with Gasteiger partial charge in [0, 0.05) is 5.56 Å². The SMILES string of the molecule is CCC1NN=C(NC(=O)c2ccc(F)cc2)S1. The van der Waals surface area contributed by atoms with Crippen molar-refractivity contribution in [2.45, 2.75) is 18.7 Å². The summed E-state index contributed by atoms with van der Waals surface area (Å²) in [5.74, 6) is -0.642. The molecule has 0 saturated carbocycles. The van der Waals surface area contributed by atoms with Crippen LogP contribution in [0.3, 0.4) is 0 Å². The number of thioether (sulfide) groups is 1. The Morgan fingerprint density at radius 3 is 2.82 bits per heavy atom. The van der Waals surface area contributed by atoms with E-state index in [0.717, 1.165) is 6.42 Å². The van der Waals surface area contributed by atoms with Crippen LogP contribution in [0.25, 0.3) is 0 Å². The molecule has 1 aliphatic heterocycles. The first-order valence-electron chi connectivity index (χ1n) is 5.26. The van der Waals surface area contributed by atoms with Gasteiger partial charge in [-0.25, -0.2) is 4.39 Å². The van der Waals surface area contributed by atoms with E-state index in [2.05, 4.69) is 15.8 Å². The minimum absolute atomic E-state index is 0.207. The number of halogens is 1. The van der Waals surface area contributed by atoms with Crippen LogP contribution >= 0.6 is 11.8 Å². The number of hydrogen-bond donors (Lipinski definition) is 2. The molecule has 0 saturated heterocycles. The van der Waals surface area contributed by atoms with Crippen molar-refractivity contribution < 1.29 is 9.18 Å². The molecule has 4 nitrogen and oxygen atoms in total. The molecule has 2 rings (SSSR count). The van der Waals surface area contributed by atoms with Crippen molar-refractivity contribution >= 4 is 22.8 Å². The minimum atomic E-state index is -0.359. The van der Waals surface area contributed by atoms with Gasteiger partial charge in [-0.2, -0.15) is 5.10 Å². The lowest BCUT2D eigenvalue weighted by atomic mass is 10.2. The van der Waals surface area contributed by atoms with Crippen molar-refractivity contribution in [1.29, 1.82) is 0 Å². The molecular weight excluding hydrogens is 241 g/mol. The Hall–Kier alpha value is -1.56. The van der Waals surface area contributed by atoms with Crippen molar-refractivity contribution in [3.63, 3.8) is 0 Å². The topological polar surface area (TPSA) is 53.5 Å². The van der Waals surface area contributed by atoms with Crippen molar-refractivity contribution in [3.8, 4) is 0 Å². The molecule has 1 atom stereocenters. The number of hydrazone groups is 1. The maximum Gasteiger partial charge on any atom is 0.257 e. The third-order valence-electron chi connectivity index (χ3n) is 2.26. The molecule has 0 aromatic heterocycles. The van der Waals surface area contributed by atoms with Gasteiger partial charge in [0.15, 0.2) is 5.17 Å². The summed E-state index contributed by atoms with van der Waals surface area (Å²) < 4.78 is 12.7. The number of amidine groups is 1. The van der Waals surface area contributed by atoms with E-state index in [1.807, 2.05) is 6.92 Å². The summed E-state index contributed by atoms with van der Waals surface area (Å²) in [6.45, 7) is 2.03. The highest BCUT2D eigenvalue weighted by atomic mass is 32.2. The lowest BCUT2D eigenvalue weighted by Crippen LogP contribution is -2.27. The fraction of sp³-hybridized carbons (Fsp3) is 0.273. The number of carbonyl (C=O) groups excluding carboxylic acids is 1. The van der Waals surface area contributed by atoms with Crippen LogP contribution in [0.1, 0.15) is 23.7 Å². The number of carbonyl (C=O) groups is 1. The van der Waals surface area contributed by atoms with Gasteiger partial charge >= 0.3 is 0 Å². The van der Waals surface area contributed by atoms with Crippen molar-refractivity contribution in [2.24, 2.45) is 5.10 Å². The van der Waals surface area contributed by atoms with Crippen LogP contribution in [0.15, 0.2) is 29.4 Å². The summed E-state index contributed by atoms with van der Waals surface area (Å²) in [5.41, 5.74) is 3.31. The van der Waals surface area contributed by atoms with Crippen LogP contribution in [-0.4, -0.2) is 16.4 Å². The third kappa shape index (κ3) is 2.97. The van der Waals surface area contributed by atoms with E-state index < -0.39 is 0 Å². The smallest absolute Gasteiger partial charge is 0.257 e. The zero-order valence-corrected chi connectivity index (χ0v) is 10.1. The summed E-state index contributed by atoms with van der Waals surface area (Å²) in [5, 5.41) is 7.42. The molecule has 2 N–H and O–H groups in total. The second-order valence-corrected chi connectivity index (χ2v) is 4.71. The van der Waals surface area contributed by atoms with Crippen LogP contribution in [0.4, 0.5) is 4.39 Å². The van der Waals surface area contributed by atoms with Gasteiger partial charge in [-0.3, -0.25) is 15.5 Å². The fourth-order valence-electron chi connectivity index (χ4n) is 1.32. The molecule has 1 amide bonds. The zero-order valence-electron chi connectivity index (χ0n) is 9.24. The van der Waals surface area contributed by atoms with Crippen molar-refractivity contribution in [3.05, 3.63) is 35.6 Å². The maximum absolute atomic E-state index is 12.7. The minimum Gasteiger partial charge on any atom is -0.300 e. The van der Waals surface area contributed by atoms with Crippen LogP contribution in [-0.2, 0) is 0 Å². The molecule has 1 aromatic carbocycles. The van der Waals surface area contributed by atoms with E-state index in [1.165, 1.54) is 36.0 Å². The molecule has 0 spiro atoms. The van der Waals surface area contributed by atoms with Crippen molar-refractivity contribution in [2.75, 3.05) is 0 Å². The molecular formula is C11H12FN3OS. The third-order valence-corrected chi connectivity index (χ3v) is 3.40. The standard InChI is InChI=1S/C11H12FN3OS/c1-2-9-14-15-11(17-9)13-10(16)7-3-5-8(12)6-4-7/h3-6,9,14H,2H2,1H3,(H,13,15,16). The highest BCUT2D eigenvalue weighted by Gasteiger charge is 2.19. The Morgan fingerprint density at radius 2 is 2.24 bits per heavy atom. The molecule has 1 aromatic rings. The first-order chi connectivity index (χ1) is 8.19. The second kappa shape index (κ2) is 5.18. The quantitative estimate of drug-likeness (QED) is 0.846. The molecule has 6 heteroatoms. The fourth-order valence-corrected chi connectivity index (χ4v) is 2.12. The predicted molar refractivity (Wildman–Crippen MR) is 66.1 cm³/mol. The summed E-state index contributed by atoms with van der Waals surface area (Å²) in [7, 11) is 0. The van der Waals surface area contributed by atoms with Gasteiger partial charge in [0.25, 0.3) is 5.91 Å². The van der Waals surface area contributed by atoms with E-state index in [1.54, 1.807) is 0 Å². The van der Waals surface area contributed by atoms with E-state index in [0.29, 0.717) is 10.7 Å². The van der Waals surface area contributed by atoms with E-state index in [-0.39, 0.29) is 17.1 Å². The normalized spacial score (nSPS) is 18.5. The van der Waals surface area contributed by atoms with Crippen LogP contribution in [0.5, 0.6) is 0 Å². The van der Waals surface area contributed by atoms with Gasteiger partial charge in [-0.15, -0.1) is 0 Å². The first kappa shape index (κ1) is 11.9. The molecule has 0 fully saturated rings. The Kier molecular flexibility index (Phi) is 3.63. The first-order valence-corrected chi connectivity index (χ1v) is 6.14. The summed E-state index contributed by atoms with van der Waals surface area (Å²) >= 11 is 1.47. The number of rotatable bonds is 2. The molecule has 1 aliphatic rings. The summed E-state index contributed by atoms with van der Waals surface area (Å²) in [4.78, 5) is 11.8. The second-order valence-electron chi connectivity index (χ2n) is 3.52. The Morgan fingerprint density at radius 1 is 1.53 bits per heavy atom. The molecule has 0 bridgehead atoms. The van der Waals surface area contributed by atoms with Gasteiger partial charge < -0.3 is 0 Å². The number of hydrogen-bond acceptors (Lipinski definition) is 4. The van der Waals surface area contributed by atoms with Gasteiger partial charge in [0.2, 0.25) is 0 Å². The van der Waals surface area contributed by atoms with Crippen LogP contribution in [0.2, 0.25) is 0 Å². The average molecular weight is 253 g/mol. The zero-order chi connectivity index (χ0) is 12.3. The molecule has 0 aliphatic carbocycles. The summed E-state index contributed by atoms with van der Waals surface area (Å²) in [6.07, 6.45) is 0.921. The van der Waals surface area contributed by atoms with E-state index >= 15 is 0 Å². The van der Waals surface area contributed by atoms with Crippen LogP contribution in [0, 0.1) is 5.82 Å². The predicted octanol–water partition coefficient (Wildman–Crippen LogP) is 1.90. The number of nitrogens with zero attached hydrogens (tertiary/aromatic N) is 1. The lowest BCUT2D eigenvalue weighted by molar-refractivity contribution is 0.0978. The molecule has 0 radical (unpaired) electrons. The van der Waals surface area contributed by atoms with E-state index in [9.17, 15) is 9.18 Å². The number of nitrogens with one attached hydrogen (secondary N) is 2. The molecule has 1 heterocycles. The van der Waals surface area contributed by atoms with Gasteiger partial charge in [-0.05, 0) is 30.7 Å². The Labute approximate surface area is 103 Å². The Balaban J connectivity index is 1.96. The lowest BCUT2D eigenvalue weighted by Gasteiger charge is -2.05.